The SMILES string of the molecule is COc1ccc(CCNC(=O)[C@H]2CC(=O)N(Cc3ccc(F)cc3)C2)cc1OC. The summed E-state index contributed by atoms with van der Waals surface area (Å²) in [6.07, 6.45) is 0.843. The molecule has 154 valence electrons. The van der Waals surface area contributed by atoms with Gasteiger partial charge in [-0.1, -0.05) is 18.2 Å². The van der Waals surface area contributed by atoms with Crippen LogP contribution in [0.25, 0.3) is 0 Å². The first-order valence-corrected chi connectivity index (χ1v) is 9.51. The molecule has 6 nitrogen and oxygen atoms in total. The molecule has 0 aliphatic carbocycles. The second-order valence-corrected chi connectivity index (χ2v) is 7.03. The van der Waals surface area contributed by atoms with E-state index >= 15 is 0 Å². The third kappa shape index (κ3) is 5.25. The molecule has 1 fully saturated rings. The molecule has 0 radical (unpaired) electrons. The van der Waals surface area contributed by atoms with Crippen molar-refractivity contribution < 1.29 is 23.5 Å². The number of hydrogen-bond donors (Lipinski definition) is 1. The van der Waals surface area contributed by atoms with E-state index in [-0.39, 0.29) is 30.0 Å². The van der Waals surface area contributed by atoms with Crippen LogP contribution in [0.1, 0.15) is 17.5 Å². The summed E-state index contributed by atoms with van der Waals surface area (Å²) >= 11 is 0. The lowest BCUT2D eigenvalue weighted by Gasteiger charge is -2.17. The van der Waals surface area contributed by atoms with Gasteiger partial charge < -0.3 is 19.7 Å². The standard InChI is InChI=1S/C22H25FN2O4/c1-28-19-8-5-15(11-20(19)29-2)9-10-24-22(27)17-12-21(26)25(14-17)13-16-3-6-18(23)7-4-16/h3-8,11,17H,9-10,12-14H2,1-2H3,(H,24,27)/t17-/m0/s1. The molecule has 29 heavy (non-hydrogen) atoms. The molecule has 0 aromatic heterocycles. The van der Waals surface area contributed by atoms with E-state index < -0.39 is 0 Å². The number of methoxy groups -OCH3 is 2. The summed E-state index contributed by atoms with van der Waals surface area (Å²) in [5.74, 6) is 0.441. The first kappa shape index (κ1) is 20.6. The number of benzene rings is 2. The molecule has 2 aromatic carbocycles. The van der Waals surface area contributed by atoms with E-state index in [4.69, 9.17) is 9.47 Å². The monoisotopic (exact) mass is 400 g/mol. The molecule has 1 aliphatic rings. The predicted octanol–water partition coefficient (Wildman–Crippen LogP) is 2.55. The summed E-state index contributed by atoms with van der Waals surface area (Å²) in [4.78, 5) is 26.3. The zero-order chi connectivity index (χ0) is 20.8. The summed E-state index contributed by atoms with van der Waals surface area (Å²) in [5, 5.41) is 2.91. The van der Waals surface area contributed by atoms with Gasteiger partial charge in [0.05, 0.1) is 20.1 Å². The third-order valence-corrected chi connectivity index (χ3v) is 5.03. The molecule has 3 rings (SSSR count). The Morgan fingerprint density at radius 3 is 2.48 bits per heavy atom. The van der Waals surface area contributed by atoms with Crippen LogP contribution < -0.4 is 14.8 Å². The highest BCUT2D eigenvalue weighted by Crippen LogP contribution is 2.27. The van der Waals surface area contributed by atoms with Crippen LogP contribution in [0.5, 0.6) is 11.5 Å². The Kier molecular flexibility index (Phi) is 6.69. The Hall–Kier alpha value is -3.09. The van der Waals surface area contributed by atoms with Crippen LogP contribution in [0.2, 0.25) is 0 Å². The molecule has 1 N–H and O–H groups in total. The van der Waals surface area contributed by atoms with Gasteiger partial charge in [-0.15, -0.1) is 0 Å². The van der Waals surface area contributed by atoms with Crippen molar-refractivity contribution in [3.63, 3.8) is 0 Å². The van der Waals surface area contributed by atoms with Gasteiger partial charge in [-0.2, -0.15) is 0 Å². The summed E-state index contributed by atoms with van der Waals surface area (Å²) in [6, 6.07) is 11.7. The predicted molar refractivity (Wildman–Crippen MR) is 106 cm³/mol. The molecule has 0 bridgehead atoms. The highest BCUT2D eigenvalue weighted by molar-refractivity contribution is 5.89. The van der Waals surface area contributed by atoms with Crippen molar-refractivity contribution in [2.24, 2.45) is 5.92 Å². The van der Waals surface area contributed by atoms with Crippen molar-refractivity contribution in [1.82, 2.24) is 10.2 Å². The van der Waals surface area contributed by atoms with E-state index in [9.17, 15) is 14.0 Å². The molecule has 0 unspecified atom stereocenters. The molecule has 1 heterocycles. The van der Waals surface area contributed by atoms with Gasteiger partial charge >= 0.3 is 0 Å². The number of likely N-dealkylation sites (tertiary alicyclic amines) is 1. The van der Waals surface area contributed by atoms with Crippen LogP contribution in [-0.2, 0) is 22.6 Å². The first-order chi connectivity index (χ1) is 14.0. The maximum Gasteiger partial charge on any atom is 0.225 e. The summed E-state index contributed by atoms with van der Waals surface area (Å²) in [5.41, 5.74) is 1.86. The Labute approximate surface area is 169 Å². The number of amides is 2. The zero-order valence-corrected chi connectivity index (χ0v) is 16.6. The minimum atomic E-state index is -0.367. The Morgan fingerprint density at radius 1 is 1.10 bits per heavy atom. The van der Waals surface area contributed by atoms with Crippen LogP contribution in [0.3, 0.4) is 0 Å². The van der Waals surface area contributed by atoms with E-state index in [2.05, 4.69) is 5.32 Å². The fraction of sp³-hybridized carbons (Fsp3) is 0.364. The molecule has 1 saturated heterocycles. The zero-order valence-electron chi connectivity index (χ0n) is 16.6. The van der Waals surface area contributed by atoms with Gasteiger partial charge in [0, 0.05) is 26.1 Å². The Morgan fingerprint density at radius 2 is 1.79 bits per heavy atom. The van der Waals surface area contributed by atoms with Gasteiger partial charge in [0.2, 0.25) is 11.8 Å². The summed E-state index contributed by atoms with van der Waals surface area (Å²) in [6.45, 7) is 1.23. The molecule has 1 aliphatic heterocycles. The molecule has 1 atom stereocenters. The Balaban J connectivity index is 1.48. The number of halogens is 1. The average molecular weight is 400 g/mol. The molecule has 7 heteroatoms. The fourth-order valence-corrected chi connectivity index (χ4v) is 3.42. The normalized spacial score (nSPS) is 16.0. The molecular weight excluding hydrogens is 375 g/mol. The number of ether oxygens (including phenoxy) is 2. The smallest absolute Gasteiger partial charge is 0.225 e. The lowest BCUT2D eigenvalue weighted by Crippen LogP contribution is -2.34. The van der Waals surface area contributed by atoms with Crippen molar-refractivity contribution in [1.29, 1.82) is 0 Å². The van der Waals surface area contributed by atoms with Crippen LogP contribution in [-0.4, -0.2) is 44.0 Å². The number of carbonyl (C=O) groups is 2. The average Bonchev–Trinajstić information content (AvgIpc) is 3.10. The van der Waals surface area contributed by atoms with Gasteiger partial charge in [-0.25, -0.2) is 4.39 Å². The third-order valence-electron chi connectivity index (χ3n) is 5.03. The summed E-state index contributed by atoms with van der Waals surface area (Å²) in [7, 11) is 3.16. The number of nitrogens with one attached hydrogen (secondary N) is 1. The molecule has 2 aromatic rings. The van der Waals surface area contributed by atoms with Gasteiger partial charge in [-0.3, -0.25) is 9.59 Å². The van der Waals surface area contributed by atoms with E-state index in [0.29, 0.717) is 37.6 Å². The quantitative estimate of drug-likeness (QED) is 0.740. The highest BCUT2D eigenvalue weighted by atomic mass is 19.1. The van der Waals surface area contributed by atoms with Gasteiger partial charge in [-0.05, 0) is 41.8 Å². The minimum absolute atomic E-state index is 0.0608. The highest BCUT2D eigenvalue weighted by Gasteiger charge is 2.34. The van der Waals surface area contributed by atoms with Crippen LogP contribution in [0.4, 0.5) is 4.39 Å². The van der Waals surface area contributed by atoms with Crippen LogP contribution in [0, 0.1) is 11.7 Å². The largest absolute Gasteiger partial charge is 0.493 e. The van der Waals surface area contributed by atoms with Gasteiger partial charge in [0.15, 0.2) is 11.5 Å². The fourth-order valence-electron chi connectivity index (χ4n) is 3.42. The molecule has 2 amide bonds. The van der Waals surface area contributed by atoms with Gasteiger partial charge in [0.25, 0.3) is 0 Å². The second kappa shape index (κ2) is 9.41. The van der Waals surface area contributed by atoms with Crippen molar-refractivity contribution >= 4 is 11.8 Å². The van der Waals surface area contributed by atoms with E-state index in [0.717, 1.165) is 11.1 Å². The number of carbonyl (C=O) groups excluding carboxylic acids is 2. The minimum Gasteiger partial charge on any atom is -0.493 e. The number of hydrogen-bond acceptors (Lipinski definition) is 4. The topological polar surface area (TPSA) is 67.9 Å². The molecular formula is C22H25FN2O4. The maximum atomic E-state index is 13.0. The van der Waals surface area contributed by atoms with E-state index in [1.165, 1.54) is 12.1 Å². The van der Waals surface area contributed by atoms with Crippen LogP contribution in [0.15, 0.2) is 42.5 Å². The van der Waals surface area contributed by atoms with Crippen molar-refractivity contribution in [2.75, 3.05) is 27.3 Å². The van der Waals surface area contributed by atoms with Crippen LogP contribution >= 0.6 is 0 Å². The van der Waals surface area contributed by atoms with Crippen molar-refractivity contribution in [2.45, 2.75) is 19.4 Å². The Bertz CT molecular complexity index is 870. The number of nitrogens with zero attached hydrogens (tertiary/aromatic N) is 1. The molecule has 0 saturated carbocycles. The maximum absolute atomic E-state index is 13.0. The lowest BCUT2D eigenvalue weighted by atomic mass is 10.1. The van der Waals surface area contributed by atoms with E-state index in [1.807, 2.05) is 18.2 Å². The summed E-state index contributed by atoms with van der Waals surface area (Å²) < 4.78 is 23.5. The van der Waals surface area contributed by atoms with Gasteiger partial charge in [0.1, 0.15) is 5.82 Å². The number of rotatable bonds is 8. The first-order valence-electron chi connectivity index (χ1n) is 9.51. The van der Waals surface area contributed by atoms with Crippen molar-refractivity contribution in [3.8, 4) is 11.5 Å². The van der Waals surface area contributed by atoms with Crippen molar-refractivity contribution in [3.05, 3.63) is 59.4 Å². The lowest BCUT2D eigenvalue weighted by molar-refractivity contribution is -0.129. The second-order valence-electron chi connectivity index (χ2n) is 7.03. The molecule has 0 spiro atoms. The van der Waals surface area contributed by atoms with E-state index in [1.54, 1.807) is 31.3 Å².